The van der Waals surface area contributed by atoms with Crippen molar-refractivity contribution in [3.05, 3.63) is 0 Å². The Bertz CT molecular complexity index is 101. The van der Waals surface area contributed by atoms with E-state index in [2.05, 4.69) is 0 Å². The van der Waals surface area contributed by atoms with Gasteiger partial charge in [0.05, 0.1) is 0 Å². The lowest BCUT2D eigenvalue weighted by molar-refractivity contribution is -0.119. The summed E-state index contributed by atoms with van der Waals surface area (Å²) in [6, 6.07) is 0. The SMILES string of the molecule is CCCC(=O)CC(C)CN. The van der Waals surface area contributed by atoms with Crippen molar-refractivity contribution in [2.75, 3.05) is 6.54 Å². The van der Waals surface area contributed by atoms with Crippen molar-refractivity contribution in [1.82, 2.24) is 0 Å². The number of rotatable bonds is 5. The molecular formula is C8H17NO. The van der Waals surface area contributed by atoms with Gasteiger partial charge in [-0.05, 0) is 18.9 Å². The molecule has 1 unspecified atom stereocenters. The normalized spacial score (nSPS) is 13.1. The first-order chi connectivity index (χ1) is 4.70. The molecule has 0 saturated heterocycles. The van der Waals surface area contributed by atoms with Crippen LogP contribution in [0.3, 0.4) is 0 Å². The van der Waals surface area contributed by atoms with Crippen molar-refractivity contribution in [2.24, 2.45) is 11.7 Å². The number of hydrogen-bond acceptors (Lipinski definition) is 2. The second-order valence-corrected chi connectivity index (χ2v) is 2.83. The molecule has 0 heterocycles. The average Bonchev–Trinajstić information content (AvgIpc) is 1.88. The van der Waals surface area contributed by atoms with Crippen molar-refractivity contribution < 1.29 is 4.79 Å². The van der Waals surface area contributed by atoms with Gasteiger partial charge in [-0.3, -0.25) is 4.79 Å². The summed E-state index contributed by atoms with van der Waals surface area (Å²) in [4.78, 5) is 11.0. The van der Waals surface area contributed by atoms with Crippen LogP contribution in [0.1, 0.15) is 33.1 Å². The van der Waals surface area contributed by atoms with E-state index in [-0.39, 0.29) is 0 Å². The number of carbonyl (C=O) groups is 1. The number of hydrogen-bond donors (Lipinski definition) is 1. The molecule has 60 valence electrons. The van der Waals surface area contributed by atoms with E-state index in [1.165, 1.54) is 0 Å². The van der Waals surface area contributed by atoms with Crippen molar-refractivity contribution >= 4 is 5.78 Å². The van der Waals surface area contributed by atoms with Gasteiger partial charge in [-0.25, -0.2) is 0 Å². The van der Waals surface area contributed by atoms with Crippen molar-refractivity contribution in [3.8, 4) is 0 Å². The molecule has 2 nitrogen and oxygen atoms in total. The molecule has 0 radical (unpaired) electrons. The Labute approximate surface area is 62.8 Å². The minimum atomic E-state index is 0.348. The molecule has 0 aromatic heterocycles. The first kappa shape index (κ1) is 9.63. The van der Waals surface area contributed by atoms with Crippen LogP contribution in [0.2, 0.25) is 0 Å². The van der Waals surface area contributed by atoms with Crippen LogP contribution in [0.15, 0.2) is 0 Å². The lowest BCUT2D eigenvalue weighted by atomic mass is 10.0. The van der Waals surface area contributed by atoms with Crippen molar-refractivity contribution in [2.45, 2.75) is 33.1 Å². The fourth-order valence-electron chi connectivity index (χ4n) is 0.853. The molecule has 0 amide bonds. The minimum absolute atomic E-state index is 0.348. The van der Waals surface area contributed by atoms with Gasteiger partial charge in [-0.1, -0.05) is 13.8 Å². The summed E-state index contributed by atoms with van der Waals surface area (Å²) in [5.41, 5.74) is 5.36. The molecule has 0 aromatic rings. The zero-order valence-corrected chi connectivity index (χ0v) is 6.89. The summed E-state index contributed by atoms with van der Waals surface area (Å²) in [5, 5.41) is 0. The van der Waals surface area contributed by atoms with Crippen LogP contribution in [0, 0.1) is 5.92 Å². The topological polar surface area (TPSA) is 43.1 Å². The second-order valence-electron chi connectivity index (χ2n) is 2.83. The first-order valence-electron chi connectivity index (χ1n) is 3.92. The molecule has 2 N–H and O–H groups in total. The Hall–Kier alpha value is -0.370. The second kappa shape index (κ2) is 5.42. The van der Waals surface area contributed by atoms with Gasteiger partial charge < -0.3 is 5.73 Å². The minimum Gasteiger partial charge on any atom is -0.330 e. The van der Waals surface area contributed by atoms with Crippen LogP contribution in [-0.2, 0) is 4.79 Å². The highest BCUT2D eigenvalue weighted by Gasteiger charge is 2.05. The largest absolute Gasteiger partial charge is 0.330 e. The fraction of sp³-hybridized carbons (Fsp3) is 0.875. The number of carbonyl (C=O) groups excluding carboxylic acids is 1. The van der Waals surface area contributed by atoms with E-state index in [4.69, 9.17) is 5.73 Å². The maximum Gasteiger partial charge on any atom is 0.133 e. The quantitative estimate of drug-likeness (QED) is 0.631. The summed E-state index contributed by atoms with van der Waals surface area (Å²) in [6.07, 6.45) is 2.32. The molecule has 0 spiro atoms. The van der Waals surface area contributed by atoms with Crippen molar-refractivity contribution in [1.29, 1.82) is 0 Å². The van der Waals surface area contributed by atoms with Gasteiger partial charge in [0.1, 0.15) is 5.78 Å². The van der Waals surface area contributed by atoms with E-state index in [9.17, 15) is 4.79 Å². The highest BCUT2D eigenvalue weighted by atomic mass is 16.1. The van der Waals surface area contributed by atoms with Crippen LogP contribution in [0.25, 0.3) is 0 Å². The van der Waals surface area contributed by atoms with Gasteiger partial charge in [-0.2, -0.15) is 0 Å². The van der Waals surface area contributed by atoms with Gasteiger partial charge >= 0.3 is 0 Å². The summed E-state index contributed by atoms with van der Waals surface area (Å²) in [5.74, 6) is 0.708. The molecule has 0 aliphatic heterocycles. The van der Waals surface area contributed by atoms with Crippen LogP contribution >= 0.6 is 0 Å². The summed E-state index contributed by atoms with van der Waals surface area (Å²) in [7, 11) is 0. The number of Topliss-reactive ketones (excluding diaryl/α,β-unsaturated/α-hetero) is 1. The third-order valence-electron chi connectivity index (χ3n) is 1.51. The van der Waals surface area contributed by atoms with Gasteiger partial charge in [-0.15, -0.1) is 0 Å². The van der Waals surface area contributed by atoms with E-state index in [0.717, 1.165) is 6.42 Å². The Balaban J connectivity index is 3.37. The van der Waals surface area contributed by atoms with Crippen LogP contribution in [0.5, 0.6) is 0 Å². The maximum atomic E-state index is 11.0. The monoisotopic (exact) mass is 143 g/mol. The Morgan fingerprint density at radius 1 is 1.60 bits per heavy atom. The summed E-state index contributed by atoms with van der Waals surface area (Å²) in [6.45, 7) is 4.65. The van der Waals surface area contributed by atoms with E-state index >= 15 is 0 Å². The smallest absolute Gasteiger partial charge is 0.133 e. The zero-order chi connectivity index (χ0) is 7.98. The molecule has 0 aliphatic rings. The molecule has 2 heteroatoms. The third kappa shape index (κ3) is 4.50. The molecule has 1 atom stereocenters. The Kier molecular flexibility index (Phi) is 5.22. The average molecular weight is 143 g/mol. The van der Waals surface area contributed by atoms with E-state index in [0.29, 0.717) is 31.1 Å². The first-order valence-corrected chi connectivity index (χ1v) is 3.92. The molecule has 0 rings (SSSR count). The molecule has 0 saturated carbocycles. The molecule has 0 aliphatic carbocycles. The predicted octanol–water partition coefficient (Wildman–Crippen LogP) is 1.34. The molecule has 0 fully saturated rings. The van der Waals surface area contributed by atoms with Crippen molar-refractivity contribution in [3.63, 3.8) is 0 Å². The highest BCUT2D eigenvalue weighted by molar-refractivity contribution is 5.78. The molecule has 0 aromatic carbocycles. The standard InChI is InChI=1S/C8H17NO/c1-3-4-8(10)5-7(2)6-9/h7H,3-6,9H2,1-2H3. The van der Waals surface area contributed by atoms with E-state index in [1.807, 2.05) is 13.8 Å². The number of nitrogens with two attached hydrogens (primary N) is 1. The van der Waals surface area contributed by atoms with Gasteiger partial charge in [0.15, 0.2) is 0 Å². The molecule has 10 heavy (non-hydrogen) atoms. The lowest BCUT2D eigenvalue weighted by Crippen LogP contribution is -2.14. The summed E-state index contributed by atoms with van der Waals surface area (Å²) >= 11 is 0. The zero-order valence-electron chi connectivity index (χ0n) is 6.89. The maximum absolute atomic E-state index is 11.0. The summed E-state index contributed by atoms with van der Waals surface area (Å²) < 4.78 is 0. The van der Waals surface area contributed by atoms with Gasteiger partial charge in [0.25, 0.3) is 0 Å². The van der Waals surface area contributed by atoms with Gasteiger partial charge in [0, 0.05) is 12.8 Å². The number of ketones is 1. The Morgan fingerprint density at radius 3 is 2.60 bits per heavy atom. The van der Waals surface area contributed by atoms with Crippen LogP contribution in [-0.4, -0.2) is 12.3 Å². The molecular weight excluding hydrogens is 126 g/mol. The predicted molar refractivity (Wildman–Crippen MR) is 42.8 cm³/mol. The van der Waals surface area contributed by atoms with E-state index < -0.39 is 0 Å². The van der Waals surface area contributed by atoms with Gasteiger partial charge in [0.2, 0.25) is 0 Å². The van der Waals surface area contributed by atoms with Crippen LogP contribution < -0.4 is 5.73 Å². The van der Waals surface area contributed by atoms with Crippen LogP contribution in [0.4, 0.5) is 0 Å². The lowest BCUT2D eigenvalue weighted by Gasteiger charge is -2.05. The third-order valence-corrected chi connectivity index (χ3v) is 1.51. The fourth-order valence-corrected chi connectivity index (χ4v) is 0.853. The molecule has 0 bridgehead atoms. The highest BCUT2D eigenvalue weighted by Crippen LogP contribution is 2.03. The Morgan fingerprint density at radius 2 is 2.20 bits per heavy atom. The van der Waals surface area contributed by atoms with E-state index in [1.54, 1.807) is 0 Å².